The highest BCUT2D eigenvalue weighted by Crippen LogP contribution is 2.29. The average molecular weight is 466 g/mol. The third-order valence-corrected chi connectivity index (χ3v) is 5.85. The predicted molar refractivity (Wildman–Crippen MR) is 122 cm³/mol. The van der Waals surface area contributed by atoms with Crippen molar-refractivity contribution >= 4 is 12.1 Å². The first kappa shape index (κ1) is 23.3. The van der Waals surface area contributed by atoms with Gasteiger partial charge in [0.15, 0.2) is 5.76 Å². The molecule has 9 nitrogen and oxygen atoms in total. The maximum absolute atomic E-state index is 12.1. The molecule has 0 saturated heterocycles. The second-order valence-electron chi connectivity index (χ2n) is 8.31. The highest BCUT2D eigenvalue weighted by atomic mass is 16.5. The molecule has 2 aromatic heterocycles. The van der Waals surface area contributed by atoms with Crippen molar-refractivity contribution in [3.05, 3.63) is 65.5 Å². The van der Waals surface area contributed by atoms with Gasteiger partial charge in [-0.05, 0) is 50.3 Å². The van der Waals surface area contributed by atoms with E-state index in [1.165, 1.54) is 0 Å². The number of carboxylic acids is 1. The van der Waals surface area contributed by atoms with Gasteiger partial charge in [-0.25, -0.2) is 9.78 Å². The fraction of sp³-hybridized carbons (Fsp3) is 0.360. The van der Waals surface area contributed by atoms with Gasteiger partial charge in [0, 0.05) is 5.56 Å². The normalized spacial score (nSPS) is 17.7. The number of carbonyl (C=O) groups is 2. The zero-order chi connectivity index (χ0) is 23.9. The van der Waals surface area contributed by atoms with Crippen LogP contribution in [0, 0.1) is 12.8 Å². The van der Waals surface area contributed by atoms with Crippen LogP contribution in [0.1, 0.15) is 42.5 Å². The van der Waals surface area contributed by atoms with E-state index < -0.39 is 12.1 Å². The first-order chi connectivity index (χ1) is 16.5. The van der Waals surface area contributed by atoms with Crippen LogP contribution in [0.25, 0.3) is 11.5 Å². The zero-order valence-corrected chi connectivity index (χ0v) is 18.9. The highest BCUT2D eigenvalue weighted by molar-refractivity contribution is 5.70. The fourth-order valence-corrected chi connectivity index (χ4v) is 3.99. The zero-order valence-electron chi connectivity index (χ0n) is 18.9. The molecule has 1 amide bonds. The molecule has 9 heteroatoms. The molecule has 2 atom stereocenters. The minimum Gasteiger partial charge on any atom is -0.489 e. The number of amides is 1. The van der Waals surface area contributed by atoms with Crippen molar-refractivity contribution in [1.82, 2.24) is 15.5 Å². The Morgan fingerprint density at radius 3 is 2.74 bits per heavy atom. The van der Waals surface area contributed by atoms with Crippen LogP contribution in [0.2, 0.25) is 0 Å². The Labute approximate surface area is 197 Å². The molecule has 0 bridgehead atoms. The second kappa shape index (κ2) is 10.8. The maximum Gasteiger partial charge on any atom is 0.407 e. The van der Waals surface area contributed by atoms with Crippen LogP contribution < -0.4 is 10.1 Å². The van der Waals surface area contributed by atoms with Crippen LogP contribution in [0.5, 0.6) is 5.75 Å². The second-order valence-corrected chi connectivity index (χ2v) is 8.31. The number of carboxylic acid groups (broad SMARTS) is 1. The predicted octanol–water partition coefficient (Wildman–Crippen LogP) is 4.49. The van der Waals surface area contributed by atoms with Gasteiger partial charge >= 0.3 is 12.1 Å². The smallest absolute Gasteiger partial charge is 0.407 e. The van der Waals surface area contributed by atoms with E-state index >= 15 is 0 Å². The van der Waals surface area contributed by atoms with E-state index in [2.05, 4.69) is 15.5 Å². The van der Waals surface area contributed by atoms with E-state index in [4.69, 9.17) is 14.0 Å². The molecule has 0 aliphatic heterocycles. The summed E-state index contributed by atoms with van der Waals surface area (Å²) < 4.78 is 16.7. The molecule has 34 heavy (non-hydrogen) atoms. The molecule has 2 unspecified atom stereocenters. The first-order valence-corrected chi connectivity index (χ1v) is 11.2. The number of hydrogen-bond donors (Lipinski definition) is 2. The number of ether oxygens (including phenoxy) is 2. The third kappa shape index (κ3) is 5.92. The van der Waals surface area contributed by atoms with E-state index in [9.17, 15) is 14.7 Å². The summed E-state index contributed by atoms with van der Waals surface area (Å²) in [6, 6.07) is 13.0. The molecule has 1 aliphatic rings. The number of carbonyl (C=O) groups excluding carboxylic acids is 1. The Balaban J connectivity index is 1.34. The first-order valence-electron chi connectivity index (χ1n) is 11.2. The SMILES string of the molecule is Cc1noc(-c2ccc(OC3CCCC(C(=O)O)C3)cn2)c1CNC(=O)OCc1ccccc1. The van der Waals surface area contributed by atoms with Crippen molar-refractivity contribution in [3.63, 3.8) is 0 Å². The van der Waals surface area contributed by atoms with Crippen LogP contribution in [0.4, 0.5) is 4.79 Å². The average Bonchev–Trinajstić information content (AvgIpc) is 3.23. The quantitative estimate of drug-likeness (QED) is 0.499. The largest absolute Gasteiger partial charge is 0.489 e. The van der Waals surface area contributed by atoms with E-state index in [0.29, 0.717) is 41.3 Å². The third-order valence-electron chi connectivity index (χ3n) is 5.85. The van der Waals surface area contributed by atoms with Crippen molar-refractivity contribution in [2.75, 3.05) is 0 Å². The van der Waals surface area contributed by atoms with Gasteiger partial charge in [0.25, 0.3) is 0 Å². The standard InChI is InChI=1S/C25H27N3O6/c1-16-21(14-27-25(31)32-15-17-6-3-2-4-7-17)23(34-28-16)22-11-10-20(13-26-22)33-19-9-5-8-18(12-19)24(29)30/h2-4,6-7,10-11,13,18-19H,5,8-9,12,14-15H2,1H3,(H,27,31)(H,29,30). The molecule has 1 saturated carbocycles. The van der Waals surface area contributed by atoms with Gasteiger partial charge in [-0.3, -0.25) is 4.79 Å². The van der Waals surface area contributed by atoms with Crippen LogP contribution in [0.15, 0.2) is 53.2 Å². The minimum atomic E-state index is -0.771. The van der Waals surface area contributed by atoms with Crippen molar-refractivity contribution in [2.45, 2.75) is 51.9 Å². The van der Waals surface area contributed by atoms with Gasteiger partial charge in [0.2, 0.25) is 0 Å². The summed E-state index contributed by atoms with van der Waals surface area (Å²) in [6.07, 6.45) is 3.74. The summed E-state index contributed by atoms with van der Waals surface area (Å²) in [5.74, 6) is -0.110. The topological polar surface area (TPSA) is 124 Å². The summed E-state index contributed by atoms with van der Waals surface area (Å²) in [5.41, 5.74) is 2.80. The van der Waals surface area contributed by atoms with Crippen molar-refractivity contribution in [1.29, 1.82) is 0 Å². The van der Waals surface area contributed by atoms with Crippen LogP contribution in [-0.4, -0.2) is 33.4 Å². The summed E-state index contributed by atoms with van der Waals surface area (Å²) in [4.78, 5) is 27.8. The van der Waals surface area contributed by atoms with Gasteiger partial charge in [0.05, 0.1) is 30.5 Å². The number of alkyl carbamates (subject to hydrolysis) is 1. The van der Waals surface area contributed by atoms with Gasteiger partial charge < -0.3 is 24.4 Å². The summed E-state index contributed by atoms with van der Waals surface area (Å²) >= 11 is 0. The number of nitrogens with one attached hydrogen (secondary N) is 1. The van der Waals surface area contributed by atoms with Crippen molar-refractivity contribution in [2.24, 2.45) is 5.92 Å². The van der Waals surface area contributed by atoms with Crippen molar-refractivity contribution in [3.8, 4) is 17.2 Å². The molecule has 1 aromatic carbocycles. The number of nitrogens with zero attached hydrogens (tertiary/aromatic N) is 2. The molecule has 4 rings (SSSR count). The maximum atomic E-state index is 12.1. The molecule has 2 N–H and O–H groups in total. The molecule has 3 aromatic rings. The Hall–Kier alpha value is -3.88. The minimum absolute atomic E-state index is 0.142. The summed E-state index contributed by atoms with van der Waals surface area (Å²) in [6.45, 7) is 2.15. The lowest BCUT2D eigenvalue weighted by molar-refractivity contribution is -0.143. The molecule has 178 valence electrons. The van der Waals surface area contributed by atoms with E-state index in [1.54, 1.807) is 25.3 Å². The number of aliphatic carboxylic acids is 1. The van der Waals surface area contributed by atoms with Gasteiger partial charge in [0.1, 0.15) is 18.1 Å². The fourth-order valence-electron chi connectivity index (χ4n) is 3.99. The van der Waals surface area contributed by atoms with Crippen LogP contribution in [0.3, 0.4) is 0 Å². The molecule has 0 spiro atoms. The number of pyridine rings is 1. The highest BCUT2D eigenvalue weighted by Gasteiger charge is 2.28. The van der Waals surface area contributed by atoms with E-state index in [1.807, 2.05) is 30.3 Å². The number of aromatic nitrogens is 2. The molecule has 1 aliphatic carbocycles. The Bertz CT molecular complexity index is 1110. The summed E-state index contributed by atoms with van der Waals surface area (Å²) in [5, 5.41) is 16.0. The Kier molecular flexibility index (Phi) is 7.41. The lowest BCUT2D eigenvalue weighted by atomic mass is 9.87. The van der Waals surface area contributed by atoms with Crippen LogP contribution >= 0.6 is 0 Å². The van der Waals surface area contributed by atoms with Crippen LogP contribution in [-0.2, 0) is 22.7 Å². The number of benzene rings is 1. The van der Waals surface area contributed by atoms with E-state index in [-0.39, 0.29) is 25.2 Å². The monoisotopic (exact) mass is 465 g/mol. The van der Waals surface area contributed by atoms with E-state index in [0.717, 1.165) is 18.4 Å². The number of aryl methyl sites for hydroxylation is 1. The Morgan fingerprint density at radius 2 is 2.00 bits per heavy atom. The molecule has 2 heterocycles. The molecular formula is C25H27N3O6. The van der Waals surface area contributed by atoms with Crippen molar-refractivity contribution < 1.29 is 28.7 Å². The number of rotatable bonds is 8. The lowest BCUT2D eigenvalue weighted by Gasteiger charge is -2.27. The molecule has 1 fully saturated rings. The van der Waals surface area contributed by atoms with Gasteiger partial charge in [-0.1, -0.05) is 35.5 Å². The lowest BCUT2D eigenvalue weighted by Crippen LogP contribution is -2.29. The molecule has 0 radical (unpaired) electrons. The molecular weight excluding hydrogens is 438 g/mol. The summed E-state index contributed by atoms with van der Waals surface area (Å²) in [7, 11) is 0. The van der Waals surface area contributed by atoms with Gasteiger partial charge in [-0.2, -0.15) is 0 Å². The van der Waals surface area contributed by atoms with Gasteiger partial charge in [-0.15, -0.1) is 0 Å². The Morgan fingerprint density at radius 1 is 1.18 bits per heavy atom. The number of hydrogen-bond acceptors (Lipinski definition) is 7.